The van der Waals surface area contributed by atoms with E-state index in [1.54, 1.807) is 25.1 Å². The molecule has 8 heteroatoms. The second-order valence-corrected chi connectivity index (χ2v) is 7.34. The van der Waals surface area contributed by atoms with Gasteiger partial charge in [-0.25, -0.2) is 13.1 Å². The largest absolute Gasteiger partial charge is 0.434 e. The molecule has 0 aromatic heterocycles. The van der Waals surface area contributed by atoms with Crippen LogP contribution < -0.4 is 9.46 Å². The highest BCUT2D eigenvalue weighted by Gasteiger charge is 2.21. The van der Waals surface area contributed by atoms with Gasteiger partial charge >= 0.3 is 6.61 Å². The molecular formula is C15H14BrF2NO3S. The smallest absolute Gasteiger partial charge is 0.387 e. The Morgan fingerprint density at radius 1 is 1.09 bits per heavy atom. The Kier molecular flexibility index (Phi) is 5.72. The number of benzene rings is 2. The summed E-state index contributed by atoms with van der Waals surface area (Å²) in [6.07, 6.45) is 0. The van der Waals surface area contributed by atoms with Crippen LogP contribution in [-0.4, -0.2) is 15.0 Å². The Morgan fingerprint density at radius 3 is 2.30 bits per heavy atom. The Labute approximate surface area is 141 Å². The summed E-state index contributed by atoms with van der Waals surface area (Å²) in [5, 5.41) is 0. The van der Waals surface area contributed by atoms with Gasteiger partial charge in [0.25, 0.3) is 0 Å². The van der Waals surface area contributed by atoms with E-state index in [1.165, 1.54) is 30.3 Å². The van der Waals surface area contributed by atoms with Crippen LogP contribution in [0.25, 0.3) is 0 Å². The number of sulfonamides is 1. The number of nitrogens with one attached hydrogen (secondary N) is 1. The lowest BCUT2D eigenvalue weighted by molar-refractivity contribution is -0.0506. The van der Waals surface area contributed by atoms with Crippen molar-refractivity contribution < 1.29 is 21.9 Å². The number of hydrogen-bond donors (Lipinski definition) is 1. The maximum absolute atomic E-state index is 12.4. The van der Waals surface area contributed by atoms with Crippen LogP contribution in [0, 0.1) is 0 Å². The van der Waals surface area contributed by atoms with Gasteiger partial charge in [-0.05, 0) is 37.3 Å². The molecule has 1 atom stereocenters. The molecule has 0 aliphatic rings. The maximum Gasteiger partial charge on any atom is 0.387 e. The molecule has 2 aromatic carbocycles. The molecule has 0 saturated carbocycles. The second-order valence-electron chi connectivity index (χ2n) is 4.71. The van der Waals surface area contributed by atoms with Crippen molar-refractivity contribution in [1.29, 1.82) is 0 Å². The molecule has 0 saturated heterocycles. The van der Waals surface area contributed by atoms with Crippen LogP contribution in [0.2, 0.25) is 0 Å². The number of alkyl halides is 2. The third-order valence-corrected chi connectivity index (χ3v) is 5.14. The van der Waals surface area contributed by atoms with Crippen LogP contribution in [0.4, 0.5) is 8.78 Å². The second kappa shape index (κ2) is 7.37. The first-order valence-corrected chi connectivity index (χ1v) is 8.89. The SMILES string of the molecule is C[C@H](NS(=O)(=O)c1ccc(Br)cc1)c1ccccc1OC(F)F. The summed E-state index contributed by atoms with van der Waals surface area (Å²) in [4.78, 5) is 0.0832. The van der Waals surface area contributed by atoms with Crippen molar-refractivity contribution in [1.82, 2.24) is 4.72 Å². The van der Waals surface area contributed by atoms with Crippen molar-refractivity contribution in [2.75, 3.05) is 0 Å². The van der Waals surface area contributed by atoms with E-state index in [0.29, 0.717) is 5.56 Å². The highest BCUT2D eigenvalue weighted by atomic mass is 79.9. The van der Waals surface area contributed by atoms with Crippen LogP contribution in [-0.2, 0) is 10.0 Å². The molecule has 124 valence electrons. The minimum absolute atomic E-state index is 0.0616. The van der Waals surface area contributed by atoms with E-state index in [-0.39, 0.29) is 10.6 Å². The van der Waals surface area contributed by atoms with E-state index in [9.17, 15) is 17.2 Å². The quantitative estimate of drug-likeness (QED) is 0.787. The molecule has 4 nitrogen and oxygen atoms in total. The van der Waals surface area contributed by atoms with Gasteiger partial charge in [0.15, 0.2) is 0 Å². The van der Waals surface area contributed by atoms with Gasteiger partial charge in [0, 0.05) is 16.1 Å². The first kappa shape index (κ1) is 17.8. The van der Waals surface area contributed by atoms with E-state index in [2.05, 4.69) is 25.4 Å². The summed E-state index contributed by atoms with van der Waals surface area (Å²) in [6, 6.07) is 11.4. The molecule has 0 aliphatic carbocycles. The highest BCUT2D eigenvalue weighted by Crippen LogP contribution is 2.27. The lowest BCUT2D eigenvalue weighted by Gasteiger charge is -2.18. The lowest BCUT2D eigenvalue weighted by atomic mass is 10.1. The molecule has 2 rings (SSSR count). The summed E-state index contributed by atoms with van der Waals surface area (Å²) in [5.41, 5.74) is 0.327. The number of halogens is 3. The zero-order valence-electron chi connectivity index (χ0n) is 12.0. The van der Waals surface area contributed by atoms with Gasteiger partial charge < -0.3 is 4.74 Å². The molecule has 0 fully saturated rings. The molecule has 0 heterocycles. The van der Waals surface area contributed by atoms with Gasteiger partial charge in [-0.3, -0.25) is 0 Å². The monoisotopic (exact) mass is 405 g/mol. The Hall–Kier alpha value is -1.51. The molecular weight excluding hydrogens is 392 g/mol. The normalized spacial score (nSPS) is 13.1. The Morgan fingerprint density at radius 2 is 1.70 bits per heavy atom. The van der Waals surface area contributed by atoms with Gasteiger partial charge in [0.1, 0.15) is 5.75 Å². The zero-order chi connectivity index (χ0) is 17.0. The standard InChI is InChI=1S/C15H14BrF2NO3S/c1-10(13-4-2-3-5-14(13)22-15(17)18)19-23(20,21)12-8-6-11(16)7-9-12/h2-10,15,19H,1H3/t10-/m0/s1. The molecule has 0 amide bonds. The van der Waals surface area contributed by atoms with E-state index >= 15 is 0 Å². The molecule has 23 heavy (non-hydrogen) atoms. The fourth-order valence-electron chi connectivity index (χ4n) is 2.02. The average Bonchev–Trinajstić information content (AvgIpc) is 2.47. The van der Waals surface area contributed by atoms with Gasteiger partial charge in [-0.15, -0.1) is 0 Å². The van der Waals surface area contributed by atoms with Gasteiger partial charge in [0.05, 0.1) is 4.90 Å². The summed E-state index contributed by atoms with van der Waals surface area (Å²) in [7, 11) is -3.78. The summed E-state index contributed by atoms with van der Waals surface area (Å²) >= 11 is 3.23. The first-order valence-electron chi connectivity index (χ1n) is 6.61. The Balaban J connectivity index is 2.24. The summed E-state index contributed by atoms with van der Waals surface area (Å²) in [5.74, 6) is -0.0616. The molecule has 0 aliphatic heterocycles. The van der Waals surface area contributed by atoms with E-state index in [0.717, 1.165) is 4.47 Å². The minimum atomic E-state index is -3.78. The third-order valence-electron chi connectivity index (χ3n) is 3.06. The van der Waals surface area contributed by atoms with E-state index in [1.807, 2.05) is 0 Å². The molecule has 0 spiro atoms. The zero-order valence-corrected chi connectivity index (χ0v) is 14.4. The molecule has 0 radical (unpaired) electrons. The van der Waals surface area contributed by atoms with Gasteiger partial charge in [0.2, 0.25) is 10.0 Å². The average molecular weight is 406 g/mol. The summed E-state index contributed by atoms with van der Waals surface area (Å²) in [6.45, 7) is -1.42. The van der Waals surface area contributed by atoms with Crippen molar-refractivity contribution in [3.63, 3.8) is 0 Å². The number of rotatable bonds is 6. The number of para-hydroxylation sites is 1. The fraction of sp³-hybridized carbons (Fsp3) is 0.200. The van der Waals surface area contributed by atoms with Gasteiger partial charge in [-0.1, -0.05) is 34.1 Å². The number of ether oxygens (including phenoxy) is 1. The third kappa shape index (κ3) is 4.73. The van der Waals surface area contributed by atoms with E-state index < -0.39 is 22.7 Å². The van der Waals surface area contributed by atoms with Crippen LogP contribution in [0.1, 0.15) is 18.5 Å². The van der Waals surface area contributed by atoms with Crippen molar-refractivity contribution in [3.05, 3.63) is 58.6 Å². The molecule has 2 aromatic rings. The molecule has 0 bridgehead atoms. The predicted octanol–water partition coefficient (Wildman–Crippen LogP) is 4.09. The van der Waals surface area contributed by atoms with Crippen LogP contribution in [0.3, 0.4) is 0 Å². The number of hydrogen-bond acceptors (Lipinski definition) is 3. The van der Waals surface area contributed by atoms with Crippen molar-refractivity contribution in [3.8, 4) is 5.75 Å². The van der Waals surface area contributed by atoms with Crippen molar-refractivity contribution in [2.45, 2.75) is 24.5 Å². The van der Waals surface area contributed by atoms with Crippen molar-refractivity contribution in [2.24, 2.45) is 0 Å². The lowest BCUT2D eigenvalue weighted by Crippen LogP contribution is -2.27. The maximum atomic E-state index is 12.4. The van der Waals surface area contributed by atoms with Crippen LogP contribution in [0.15, 0.2) is 57.9 Å². The van der Waals surface area contributed by atoms with Crippen LogP contribution >= 0.6 is 15.9 Å². The van der Waals surface area contributed by atoms with Crippen molar-refractivity contribution >= 4 is 26.0 Å². The minimum Gasteiger partial charge on any atom is -0.434 e. The molecule has 0 unspecified atom stereocenters. The fourth-order valence-corrected chi connectivity index (χ4v) is 3.51. The Bertz CT molecular complexity index is 767. The summed E-state index contributed by atoms with van der Waals surface area (Å²) < 4.78 is 57.2. The topological polar surface area (TPSA) is 55.4 Å². The first-order chi connectivity index (χ1) is 10.8. The van der Waals surface area contributed by atoms with E-state index in [4.69, 9.17) is 0 Å². The molecule has 1 N–H and O–H groups in total. The van der Waals surface area contributed by atoms with Gasteiger partial charge in [-0.2, -0.15) is 8.78 Å². The van der Waals surface area contributed by atoms with Crippen LogP contribution in [0.5, 0.6) is 5.75 Å². The predicted molar refractivity (Wildman–Crippen MR) is 86.0 cm³/mol. The highest BCUT2D eigenvalue weighted by molar-refractivity contribution is 9.10.